The Morgan fingerprint density at radius 1 is 1.24 bits per heavy atom. The van der Waals surface area contributed by atoms with Gasteiger partial charge in [-0.05, 0) is 42.5 Å². The van der Waals surface area contributed by atoms with Crippen molar-refractivity contribution in [2.75, 3.05) is 0 Å². The molecule has 2 aromatic rings. The molecule has 0 bridgehead atoms. The number of benzene rings is 1. The molecule has 0 aliphatic carbocycles. The van der Waals surface area contributed by atoms with Crippen LogP contribution in [0.5, 0.6) is 0 Å². The predicted molar refractivity (Wildman–Crippen MR) is 68.5 cm³/mol. The number of ketones is 1. The monoisotopic (exact) mass is 266 g/mol. The van der Waals surface area contributed by atoms with E-state index in [2.05, 4.69) is 0 Å². The molecule has 2 nitrogen and oxygen atoms in total. The van der Waals surface area contributed by atoms with E-state index < -0.39 is 0 Å². The van der Waals surface area contributed by atoms with E-state index in [-0.39, 0.29) is 5.78 Å². The van der Waals surface area contributed by atoms with Crippen LogP contribution in [0.3, 0.4) is 0 Å². The Kier molecular flexibility index (Phi) is 3.67. The summed E-state index contributed by atoms with van der Waals surface area (Å²) in [6.07, 6.45) is 4.54. The molecule has 0 saturated carbocycles. The molecule has 1 heterocycles. The number of carbonyl (C=O) groups is 1. The lowest BCUT2D eigenvalue weighted by Gasteiger charge is -1.99. The first-order chi connectivity index (χ1) is 8.16. The predicted octanol–water partition coefficient (Wildman–Crippen LogP) is 4.48. The van der Waals surface area contributed by atoms with E-state index in [1.807, 2.05) is 0 Å². The summed E-state index contributed by atoms with van der Waals surface area (Å²) in [6, 6.07) is 8.27. The zero-order valence-corrected chi connectivity index (χ0v) is 10.2. The maximum absolute atomic E-state index is 11.8. The number of hydrogen-bond donors (Lipinski definition) is 0. The Bertz CT molecular complexity index is 557. The van der Waals surface area contributed by atoms with Crippen molar-refractivity contribution in [3.63, 3.8) is 0 Å². The summed E-state index contributed by atoms with van der Waals surface area (Å²) < 4.78 is 5.08. The van der Waals surface area contributed by atoms with Crippen LogP contribution >= 0.6 is 23.2 Å². The van der Waals surface area contributed by atoms with Crippen LogP contribution < -0.4 is 0 Å². The van der Waals surface area contributed by atoms with Crippen molar-refractivity contribution >= 4 is 35.1 Å². The summed E-state index contributed by atoms with van der Waals surface area (Å²) in [5.74, 6) is 0.423. The molecule has 1 aromatic carbocycles. The van der Waals surface area contributed by atoms with Gasteiger partial charge in [0, 0.05) is 10.6 Å². The number of furan rings is 1. The SMILES string of the molecule is O=C(/C=C\c1ccco1)c1ccc(Cl)cc1Cl. The van der Waals surface area contributed by atoms with Gasteiger partial charge in [0.1, 0.15) is 5.76 Å². The standard InChI is InChI=1S/C13H8Cl2O2/c14-9-3-5-11(12(15)8-9)13(16)6-4-10-2-1-7-17-10/h1-8H/b6-4-. The summed E-state index contributed by atoms with van der Waals surface area (Å²) in [5, 5.41) is 0.841. The number of carbonyl (C=O) groups excluding carboxylic acids is 1. The van der Waals surface area contributed by atoms with Gasteiger partial charge in [0.15, 0.2) is 5.78 Å². The number of hydrogen-bond acceptors (Lipinski definition) is 2. The van der Waals surface area contributed by atoms with E-state index in [0.29, 0.717) is 21.4 Å². The van der Waals surface area contributed by atoms with Gasteiger partial charge in [0.05, 0.1) is 11.3 Å². The average molecular weight is 267 g/mol. The topological polar surface area (TPSA) is 30.2 Å². The minimum atomic E-state index is -0.192. The minimum absolute atomic E-state index is 0.192. The average Bonchev–Trinajstić information content (AvgIpc) is 2.78. The Morgan fingerprint density at radius 2 is 2.06 bits per heavy atom. The van der Waals surface area contributed by atoms with Gasteiger partial charge in [-0.25, -0.2) is 0 Å². The fourth-order valence-electron chi connectivity index (χ4n) is 1.32. The van der Waals surface area contributed by atoms with E-state index in [1.165, 1.54) is 12.1 Å². The fraction of sp³-hybridized carbons (Fsp3) is 0. The second-order valence-corrected chi connectivity index (χ2v) is 4.18. The van der Waals surface area contributed by atoms with Gasteiger partial charge >= 0.3 is 0 Å². The maximum Gasteiger partial charge on any atom is 0.187 e. The van der Waals surface area contributed by atoms with Crippen LogP contribution in [-0.4, -0.2) is 5.78 Å². The van der Waals surface area contributed by atoms with Crippen molar-refractivity contribution in [3.8, 4) is 0 Å². The van der Waals surface area contributed by atoms with Crippen LogP contribution in [0.2, 0.25) is 10.0 Å². The third-order valence-corrected chi connectivity index (χ3v) is 2.69. The van der Waals surface area contributed by atoms with E-state index in [9.17, 15) is 4.79 Å². The van der Waals surface area contributed by atoms with Crippen molar-refractivity contribution in [2.24, 2.45) is 0 Å². The van der Waals surface area contributed by atoms with Crippen LogP contribution in [0.25, 0.3) is 6.08 Å². The summed E-state index contributed by atoms with van der Waals surface area (Å²) in [7, 11) is 0. The lowest BCUT2D eigenvalue weighted by molar-refractivity contribution is 0.104. The van der Waals surface area contributed by atoms with Crippen molar-refractivity contribution in [3.05, 3.63) is 64.0 Å². The van der Waals surface area contributed by atoms with Gasteiger partial charge in [0.25, 0.3) is 0 Å². The van der Waals surface area contributed by atoms with E-state index >= 15 is 0 Å². The summed E-state index contributed by atoms with van der Waals surface area (Å²) in [6.45, 7) is 0. The van der Waals surface area contributed by atoms with Gasteiger partial charge in [-0.1, -0.05) is 23.2 Å². The lowest BCUT2D eigenvalue weighted by atomic mass is 10.1. The molecule has 0 spiro atoms. The molecular formula is C13H8Cl2O2. The summed E-state index contributed by atoms with van der Waals surface area (Å²) >= 11 is 11.7. The first kappa shape index (κ1) is 12.0. The molecule has 0 amide bonds. The summed E-state index contributed by atoms with van der Waals surface area (Å²) in [5.41, 5.74) is 0.416. The Hall–Kier alpha value is -1.51. The Morgan fingerprint density at radius 3 is 2.71 bits per heavy atom. The fourth-order valence-corrected chi connectivity index (χ4v) is 1.82. The molecule has 2 rings (SSSR count). The molecule has 0 saturated heterocycles. The van der Waals surface area contributed by atoms with Crippen molar-refractivity contribution in [1.29, 1.82) is 0 Å². The smallest absolute Gasteiger partial charge is 0.187 e. The molecule has 1 aromatic heterocycles. The molecule has 17 heavy (non-hydrogen) atoms. The Balaban J connectivity index is 2.20. The van der Waals surface area contributed by atoms with E-state index in [1.54, 1.807) is 36.6 Å². The molecule has 0 radical (unpaired) electrons. The molecular weight excluding hydrogens is 259 g/mol. The third-order valence-electron chi connectivity index (χ3n) is 2.14. The molecule has 0 aliphatic rings. The molecule has 0 fully saturated rings. The molecule has 0 N–H and O–H groups in total. The van der Waals surface area contributed by atoms with E-state index in [0.717, 1.165) is 0 Å². The van der Waals surface area contributed by atoms with Gasteiger partial charge in [-0.2, -0.15) is 0 Å². The first-order valence-electron chi connectivity index (χ1n) is 4.88. The maximum atomic E-state index is 11.8. The summed E-state index contributed by atoms with van der Waals surface area (Å²) in [4.78, 5) is 11.8. The molecule has 4 heteroatoms. The molecule has 86 valence electrons. The van der Waals surface area contributed by atoms with Crippen LogP contribution in [0.15, 0.2) is 47.1 Å². The zero-order valence-electron chi connectivity index (χ0n) is 8.69. The highest BCUT2D eigenvalue weighted by Crippen LogP contribution is 2.21. The van der Waals surface area contributed by atoms with Gasteiger partial charge < -0.3 is 4.42 Å². The van der Waals surface area contributed by atoms with Crippen molar-refractivity contribution in [2.45, 2.75) is 0 Å². The molecule has 0 aliphatic heterocycles. The van der Waals surface area contributed by atoms with Gasteiger partial charge in [-0.15, -0.1) is 0 Å². The third kappa shape index (κ3) is 2.99. The zero-order chi connectivity index (χ0) is 12.3. The minimum Gasteiger partial charge on any atom is -0.465 e. The van der Waals surface area contributed by atoms with Gasteiger partial charge in [-0.3, -0.25) is 4.79 Å². The number of rotatable bonds is 3. The van der Waals surface area contributed by atoms with Crippen LogP contribution in [-0.2, 0) is 0 Å². The van der Waals surface area contributed by atoms with Gasteiger partial charge in [0.2, 0.25) is 0 Å². The normalized spacial score (nSPS) is 10.9. The van der Waals surface area contributed by atoms with Crippen molar-refractivity contribution in [1.82, 2.24) is 0 Å². The van der Waals surface area contributed by atoms with Crippen LogP contribution in [0.1, 0.15) is 16.1 Å². The number of halogens is 2. The highest BCUT2D eigenvalue weighted by molar-refractivity contribution is 6.37. The molecule has 0 unspecified atom stereocenters. The lowest BCUT2D eigenvalue weighted by Crippen LogP contribution is -1.94. The van der Waals surface area contributed by atoms with Crippen molar-refractivity contribution < 1.29 is 9.21 Å². The number of allylic oxidation sites excluding steroid dienone is 1. The highest BCUT2D eigenvalue weighted by Gasteiger charge is 2.07. The highest BCUT2D eigenvalue weighted by atomic mass is 35.5. The second kappa shape index (κ2) is 5.21. The van der Waals surface area contributed by atoms with E-state index in [4.69, 9.17) is 27.6 Å². The Labute approximate surface area is 108 Å². The second-order valence-electron chi connectivity index (χ2n) is 3.34. The van der Waals surface area contributed by atoms with Crippen LogP contribution in [0, 0.1) is 0 Å². The quantitative estimate of drug-likeness (QED) is 0.606. The largest absolute Gasteiger partial charge is 0.465 e. The van der Waals surface area contributed by atoms with Crippen LogP contribution in [0.4, 0.5) is 0 Å². The molecule has 0 atom stereocenters. The first-order valence-corrected chi connectivity index (χ1v) is 5.63.